The lowest BCUT2D eigenvalue weighted by Crippen LogP contribution is -1.96. The highest BCUT2D eigenvalue weighted by Gasteiger charge is 2.14. The summed E-state index contributed by atoms with van der Waals surface area (Å²) in [6.07, 6.45) is 2.28. The largest absolute Gasteiger partial charge is 0.481 e. The monoisotopic (exact) mass is 401 g/mol. The molecule has 0 saturated carbocycles. The first kappa shape index (κ1) is 19.8. The van der Waals surface area contributed by atoms with E-state index in [0.717, 1.165) is 34.3 Å². The highest BCUT2D eigenvalue weighted by Crippen LogP contribution is 2.33. The van der Waals surface area contributed by atoms with Crippen molar-refractivity contribution in [3.63, 3.8) is 0 Å². The fourth-order valence-corrected chi connectivity index (χ4v) is 3.66. The second kappa shape index (κ2) is 7.98. The standard InChI is InChI=1S/C21H20FNO4S/c1-28(26,27)18-11-7-15(8-12-18)21-19(14-5-9-16(22)10-6-14)13-17(23-21)3-2-4-20(24)25/h5-13,23H,2-4H2,1H3,(H,24,25). The zero-order chi connectivity index (χ0) is 20.3. The van der Waals surface area contributed by atoms with E-state index >= 15 is 0 Å². The molecule has 146 valence electrons. The van der Waals surface area contributed by atoms with Gasteiger partial charge in [-0.15, -0.1) is 0 Å². The van der Waals surface area contributed by atoms with Gasteiger partial charge in [0.15, 0.2) is 9.84 Å². The second-order valence-corrected chi connectivity index (χ2v) is 8.65. The van der Waals surface area contributed by atoms with Crippen molar-refractivity contribution in [2.45, 2.75) is 24.2 Å². The minimum atomic E-state index is -3.29. The summed E-state index contributed by atoms with van der Waals surface area (Å²) >= 11 is 0. The average Bonchev–Trinajstić information content (AvgIpc) is 3.05. The Balaban J connectivity index is 2.01. The molecular formula is C21H20FNO4S. The van der Waals surface area contributed by atoms with Crippen LogP contribution in [0.15, 0.2) is 59.5 Å². The molecule has 0 aliphatic heterocycles. The molecule has 3 rings (SSSR count). The van der Waals surface area contributed by atoms with Crippen LogP contribution in [0.5, 0.6) is 0 Å². The quantitative estimate of drug-likeness (QED) is 0.618. The van der Waals surface area contributed by atoms with Crippen LogP contribution in [0.2, 0.25) is 0 Å². The number of hydrogen-bond acceptors (Lipinski definition) is 3. The third-order valence-electron chi connectivity index (χ3n) is 4.44. The summed E-state index contributed by atoms with van der Waals surface area (Å²) in [6, 6.07) is 14.6. The minimum absolute atomic E-state index is 0.0727. The van der Waals surface area contributed by atoms with E-state index in [1.165, 1.54) is 12.1 Å². The first-order valence-electron chi connectivity index (χ1n) is 8.74. The fraction of sp³-hybridized carbons (Fsp3) is 0.190. The number of rotatable bonds is 7. The van der Waals surface area contributed by atoms with Gasteiger partial charge in [-0.3, -0.25) is 4.79 Å². The molecule has 0 atom stereocenters. The molecule has 5 nitrogen and oxygen atoms in total. The van der Waals surface area contributed by atoms with Crippen LogP contribution in [0.1, 0.15) is 18.5 Å². The first-order chi connectivity index (χ1) is 13.2. The molecule has 1 heterocycles. The summed E-state index contributed by atoms with van der Waals surface area (Å²) in [7, 11) is -3.29. The smallest absolute Gasteiger partial charge is 0.303 e. The van der Waals surface area contributed by atoms with Crippen LogP contribution in [-0.4, -0.2) is 30.7 Å². The van der Waals surface area contributed by atoms with E-state index in [-0.39, 0.29) is 17.1 Å². The Morgan fingerprint density at radius 3 is 2.21 bits per heavy atom. The SMILES string of the molecule is CS(=O)(=O)c1ccc(-c2[nH]c(CCCC(=O)O)cc2-c2ccc(F)cc2)cc1. The molecular weight excluding hydrogens is 381 g/mol. The van der Waals surface area contributed by atoms with Crippen molar-refractivity contribution in [1.82, 2.24) is 4.98 Å². The van der Waals surface area contributed by atoms with Crippen LogP contribution in [0, 0.1) is 5.82 Å². The van der Waals surface area contributed by atoms with Crippen LogP contribution in [0.3, 0.4) is 0 Å². The molecule has 0 aliphatic carbocycles. The van der Waals surface area contributed by atoms with Crippen molar-refractivity contribution in [2.24, 2.45) is 0 Å². The lowest BCUT2D eigenvalue weighted by atomic mass is 10.0. The predicted octanol–water partition coefficient (Wildman–Crippen LogP) is 4.30. The van der Waals surface area contributed by atoms with Gasteiger partial charge in [-0.25, -0.2) is 12.8 Å². The summed E-state index contributed by atoms with van der Waals surface area (Å²) in [6.45, 7) is 0. The second-order valence-electron chi connectivity index (χ2n) is 6.63. The summed E-state index contributed by atoms with van der Waals surface area (Å²) < 4.78 is 36.7. The number of H-pyrrole nitrogens is 1. The van der Waals surface area contributed by atoms with Gasteiger partial charge in [0, 0.05) is 23.9 Å². The van der Waals surface area contributed by atoms with E-state index in [2.05, 4.69) is 4.98 Å². The highest BCUT2D eigenvalue weighted by atomic mass is 32.2. The van der Waals surface area contributed by atoms with Crippen molar-refractivity contribution in [1.29, 1.82) is 0 Å². The van der Waals surface area contributed by atoms with Crippen LogP contribution in [0.4, 0.5) is 4.39 Å². The number of sulfone groups is 1. The molecule has 3 aromatic rings. The van der Waals surface area contributed by atoms with E-state index in [1.807, 2.05) is 6.07 Å². The third-order valence-corrected chi connectivity index (χ3v) is 5.57. The molecule has 0 unspecified atom stereocenters. The molecule has 0 bridgehead atoms. The lowest BCUT2D eigenvalue weighted by molar-refractivity contribution is -0.137. The summed E-state index contributed by atoms with van der Waals surface area (Å²) in [5.74, 6) is -1.18. The van der Waals surface area contributed by atoms with Crippen molar-refractivity contribution in [3.05, 3.63) is 66.1 Å². The maximum atomic E-state index is 13.3. The normalized spacial score (nSPS) is 11.5. The number of benzene rings is 2. The summed E-state index contributed by atoms with van der Waals surface area (Å²) in [5, 5.41) is 8.83. The number of aromatic nitrogens is 1. The number of aliphatic carboxylic acids is 1. The summed E-state index contributed by atoms with van der Waals surface area (Å²) in [5.41, 5.74) is 4.08. The molecule has 2 aromatic carbocycles. The van der Waals surface area contributed by atoms with Crippen molar-refractivity contribution >= 4 is 15.8 Å². The van der Waals surface area contributed by atoms with E-state index in [1.54, 1.807) is 36.4 Å². The number of hydrogen-bond donors (Lipinski definition) is 2. The Morgan fingerprint density at radius 2 is 1.64 bits per heavy atom. The molecule has 0 spiro atoms. The van der Waals surface area contributed by atoms with Crippen LogP contribution in [0.25, 0.3) is 22.4 Å². The Hall–Kier alpha value is -2.93. The highest BCUT2D eigenvalue weighted by molar-refractivity contribution is 7.90. The number of aromatic amines is 1. The zero-order valence-corrected chi connectivity index (χ0v) is 16.1. The number of nitrogens with one attached hydrogen (secondary N) is 1. The van der Waals surface area contributed by atoms with Crippen molar-refractivity contribution in [3.8, 4) is 22.4 Å². The molecule has 0 radical (unpaired) electrons. The molecule has 0 saturated heterocycles. The number of carboxylic acid groups (broad SMARTS) is 1. The minimum Gasteiger partial charge on any atom is -0.481 e. The van der Waals surface area contributed by atoms with E-state index in [9.17, 15) is 17.6 Å². The third kappa shape index (κ3) is 4.67. The van der Waals surface area contributed by atoms with Gasteiger partial charge in [0.25, 0.3) is 0 Å². The van der Waals surface area contributed by atoms with Gasteiger partial charge in [0.05, 0.1) is 10.6 Å². The molecule has 28 heavy (non-hydrogen) atoms. The zero-order valence-electron chi connectivity index (χ0n) is 15.3. The van der Waals surface area contributed by atoms with Gasteiger partial charge < -0.3 is 10.1 Å². The molecule has 0 aliphatic rings. The predicted molar refractivity (Wildman–Crippen MR) is 105 cm³/mol. The molecule has 2 N–H and O–H groups in total. The van der Waals surface area contributed by atoms with Crippen LogP contribution >= 0.6 is 0 Å². The Kier molecular flexibility index (Phi) is 5.65. The Morgan fingerprint density at radius 1 is 1.04 bits per heavy atom. The van der Waals surface area contributed by atoms with Crippen molar-refractivity contribution < 1.29 is 22.7 Å². The van der Waals surface area contributed by atoms with Crippen molar-refractivity contribution in [2.75, 3.05) is 6.26 Å². The Bertz CT molecular complexity index is 1080. The number of halogens is 1. The number of aryl methyl sites for hydroxylation is 1. The molecule has 0 fully saturated rings. The first-order valence-corrected chi connectivity index (χ1v) is 10.6. The molecule has 7 heteroatoms. The van der Waals surface area contributed by atoms with Gasteiger partial charge in [-0.1, -0.05) is 24.3 Å². The van der Waals surface area contributed by atoms with Gasteiger partial charge >= 0.3 is 5.97 Å². The number of carboxylic acids is 1. The average molecular weight is 401 g/mol. The number of carbonyl (C=O) groups is 1. The summed E-state index contributed by atoms with van der Waals surface area (Å²) in [4.78, 5) is 14.3. The molecule has 0 amide bonds. The maximum Gasteiger partial charge on any atom is 0.303 e. The van der Waals surface area contributed by atoms with Crippen LogP contribution in [-0.2, 0) is 21.1 Å². The Labute approximate surface area is 162 Å². The van der Waals surface area contributed by atoms with E-state index in [0.29, 0.717) is 12.8 Å². The molecule has 1 aromatic heterocycles. The van der Waals surface area contributed by atoms with Gasteiger partial charge in [0.1, 0.15) is 5.82 Å². The fourth-order valence-electron chi connectivity index (χ4n) is 3.03. The lowest BCUT2D eigenvalue weighted by Gasteiger charge is -2.06. The topological polar surface area (TPSA) is 87.2 Å². The van der Waals surface area contributed by atoms with Gasteiger partial charge in [-0.05, 0) is 54.3 Å². The van der Waals surface area contributed by atoms with Gasteiger partial charge in [0.2, 0.25) is 0 Å². The van der Waals surface area contributed by atoms with Gasteiger partial charge in [-0.2, -0.15) is 0 Å². The van der Waals surface area contributed by atoms with Crippen LogP contribution < -0.4 is 0 Å². The van der Waals surface area contributed by atoms with E-state index in [4.69, 9.17) is 5.11 Å². The van der Waals surface area contributed by atoms with E-state index < -0.39 is 15.8 Å². The maximum absolute atomic E-state index is 13.3.